The van der Waals surface area contributed by atoms with Crippen LogP contribution in [0.5, 0.6) is 0 Å². The van der Waals surface area contributed by atoms with E-state index in [0.29, 0.717) is 13.0 Å². The zero-order valence-electron chi connectivity index (χ0n) is 11.0. The van der Waals surface area contributed by atoms with Crippen molar-refractivity contribution < 1.29 is 14.3 Å². The second-order valence-electron chi connectivity index (χ2n) is 4.54. The molecular weight excluding hydrogens is 260 g/mol. The Balaban J connectivity index is 2.02. The van der Waals surface area contributed by atoms with Crippen LogP contribution in [0.15, 0.2) is 30.3 Å². The van der Waals surface area contributed by atoms with E-state index < -0.39 is 0 Å². The van der Waals surface area contributed by atoms with E-state index in [9.17, 15) is 9.59 Å². The summed E-state index contributed by atoms with van der Waals surface area (Å²) in [5.74, 6) is 0.831. The molecule has 1 aromatic rings. The molecule has 0 aliphatic carbocycles. The Labute approximate surface area is 117 Å². The number of rotatable bonds is 5. The van der Waals surface area contributed by atoms with Gasteiger partial charge in [-0.25, -0.2) is 0 Å². The van der Waals surface area contributed by atoms with Crippen molar-refractivity contribution in [2.75, 3.05) is 12.4 Å². The molecule has 4 heteroatoms. The molecule has 1 aliphatic heterocycles. The number of hydrogen-bond donors (Lipinski definition) is 0. The van der Waals surface area contributed by atoms with E-state index in [2.05, 4.69) is 0 Å². The molecule has 1 aromatic carbocycles. The van der Waals surface area contributed by atoms with Crippen LogP contribution in [0.4, 0.5) is 0 Å². The number of carbonyl (C=O) groups is 2. The molecule has 0 spiro atoms. The molecule has 102 valence electrons. The van der Waals surface area contributed by atoms with Gasteiger partial charge < -0.3 is 4.74 Å². The van der Waals surface area contributed by atoms with Gasteiger partial charge in [-0.05, 0) is 19.1 Å². The van der Waals surface area contributed by atoms with Gasteiger partial charge in [-0.2, -0.15) is 11.8 Å². The Morgan fingerprint density at radius 3 is 2.74 bits per heavy atom. The average molecular weight is 278 g/mol. The van der Waals surface area contributed by atoms with Crippen molar-refractivity contribution >= 4 is 23.5 Å². The highest BCUT2D eigenvalue weighted by atomic mass is 32.2. The first kappa shape index (κ1) is 14.1. The number of Topliss-reactive ketones (excluding diaryl/α,β-unsaturated/α-hetero) is 1. The molecule has 1 heterocycles. The molecule has 1 aliphatic rings. The minimum Gasteiger partial charge on any atom is -0.466 e. The maximum atomic E-state index is 12.4. The highest BCUT2D eigenvalue weighted by Crippen LogP contribution is 2.36. The largest absolute Gasteiger partial charge is 0.466 e. The summed E-state index contributed by atoms with van der Waals surface area (Å²) in [5.41, 5.74) is 0.740. The smallest absolute Gasteiger partial charge is 0.306 e. The number of ether oxygens (including phenoxy) is 1. The van der Waals surface area contributed by atoms with Crippen LogP contribution in [0.3, 0.4) is 0 Å². The highest BCUT2D eigenvalue weighted by molar-refractivity contribution is 8.00. The van der Waals surface area contributed by atoms with Gasteiger partial charge in [-0.3, -0.25) is 9.59 Å². The summed E-state index contributed by atoms with van der Waals surface area (Å²) in [7, 11) is 0. The highest BCUT2D eigenvalue weighted by Gasteiger charge is 2.35. The summed E-state index contributed by atoms with van der Waals surface area (Å²) >= 11 is 1.71. The van der Waals surface area contributed by atoms with E-state index in [1.165, 1.54) is 0 Å². The van der Waals surface area contributed by atoms with Gasteiger partial charge in [-0.15, -0.1) is 0 Å². The molecule has 0 unspecified atom stereocenters. The van der Waals surface area contributed by atoms with E-state index in [-0.39, 0.29) is 22.9 Å². The predicted molar refractivity (Wildman–Crippen MR) is 76.4 cm³/mol. The number of thioether (sulfide) groups is 1. The molecule has 0 N–H and O–H groups in total. The lowest BCUT2D eigenvalue weighted by atomic mass is 9.91. The molecular formula is C15H18O3S. The SMILES string of the molecule is CCOC(=O)C[C@H]1SCC[C@@H]1C(=O)c1ccccc1. The molecule has 1 saturated heterocycles. The lowest BCUT2D eigenvalue weighted by Gasteiger charge is -2.16. The number of esters is 1. The lowest BCUT2D eigenvalue weighted by molar-refractivity contribution is -0.143. The van der Waals surface area contributed by atoms with Crippen molar-refractivity contribution in [2.24, 2.45) is 5.92 Å². The second-order valence-corrected chi connectivity index (χ2v) is 5.89. The first-order valence-corrected chi connectivity index (χ1v) is 7.63. The molecule has 0 bridgehead atoms. The van der Waals surface area contributed by atoms with Crippen LogP contribution in [0, 0.1) is 5.92 Å². The third kappa shape index (κ3) is 3.60. The molecule has 0 amide bonds. The molecule has 3 nitrogen and oxygen atoms in total. The molecule has 2 rings (SSSR count). The third-order valence-electron chi connectivity index (χ3n) is 3.28. The molecule has 2 atom stereocenters. The van der Waals surface area contributed by atoms with Crippen LogP contribution in [0.2, 0.25) is 0 Å². The molecule has 0 radical (unpaired) electrons. The summed E-state index contributed by atoms with van der Waals surface area (Å²) in [5, 5.41) is 0.0618. The third-order valence-corrected chi connectivity index (χ3v) is 4.67. The first-order valence-electron chi connectivity index (χ1n) is 6.59. The van der Waals surface area contributed by atoms with Gasteiger partial charge in [0.25, 0.3) is 0 Å². The van der Waals surface area contributed by atoms with Gasteiger partial charge in [0.05, 0.1) is 13.0 Å². The number of hydrogen-bond acceptors (Lipinski definition) is 4. The van der Waals surface area contributed by atoms with E-state index in [1.807, 2.05) is 30.3 Å². The van der Waals surface area contributed by atoms with Crippen molar-refractivity contribution in [3.05, 3.63) is 35.9 Å². The van der Waals surface area contributed by atoms with Crippen LogP contribution in [-0.4, -0.2) is 29.4 Å². The maximum absolute atomic E-state index is 12.4. The monoisotopic (exact) mass is 278 g/mol. The van der Waals surface area contributed by atoms with E-state index >= 15 is 0 Å². The van der Waals surface area contributed by atoms with Gasteiger partial charge in [0.2, 0.25) is 0 Å². The molecule has 19 heavy (non-hydrogen) atoms. The molecule has 0 aromatic heterocycles. The predicted octanol–water partition coefficient (Wildman–Crippen LogP) is 2.94. The van der Waals surface area contributed by atoms with E-state index in [4.69, 9.17) is 4.74 Å². The van der Waals surface area contributed by atoms with Crippen molar-refractivity contribution in [2.45, 2.75) is 25.0 Å². The Hall–Kier alpha value is -1.29. The van der Waals surface area contributed by atoms with Crippen molar-refractivity contribution in [3.63, 3.8) is 0 Å². The Kier molecular flexibility index (Phi) is 5.02. The summed E-state index contributed by atoms with van der Waals surface area (Å²) in [6.45, 7) is 2.19. The van der Waals surface area contributed by atoms with E-state index in [0.717, 1.165) is 17.7 Å². The number of benzene rings is 1. The topological polar surface area (TPSA) is 43.4 Å². The molecule has 1 fully saturated rings. The summed E-state index contributed by atoms with van der Waals surface area (Å²) in [6.07, 6.45) is 1.18. The lowest BCUT2D eigenvalue weighted by Crippen LogP contribution is -2.25. The number of carbonyl (C=O) groups excluding carboxylic acids is 2. The van der Waals surface area contributed by atoms with Crippen molar-refractivity contribution in [3.8, 4) is 0 Å². The summed E-state index contributed by atoms with van der Waals surface area (Å²) < 4.78 is 4.97. The second kappa shape index (κ2) is 6.75. The first-order chi connectivity index (χ1) is 9.22. The normalized spacial score (nSPS) is 22.2. The Bertz CT molecular complexity index is 444. The van der Waals surface area contributed by atoms with Crippen LogP contribution >= 0.6 is 11.8 Å². The van der Waals surface area contributed by atoms with Gasteiger partial charge in [0.15, 0.2) is 5.78 Å². The fourth-order valence-electron chi connectivity index (χ4n) is 2.35. The van der Waals surface area contributed by atoms with Crippen molar-refractivity contribution in [1.29, 1.82) is 0 Å². The van der Waals surface area contributed by atoms with Gasteiger partial charge in [0.1, 0.15) is 0 Å². The van der Waals surface area contributed by atoms with Crippen LogP contribution < -0.4 is 0 Å². The standard InChI is InChI=1S/C15H18O3S/c1-2-18-14(16)10-13-12(8-9-19-13)15(17)11-6-4-3-5-7-11/h3-7,12-13H,2,8-10H2,1H3/t12-,13+/m0/s1. The average Bonchev–Trinajstić information content (AvgIpc) is 2.87. The Morgan fingerprint density at radius 2 is 2.05 bits per heavy atom. The quantitative estimate of drug-likeness (QED) is 0.613. The zero-order chi connectivity index (χ0) is 13.7. The van der Waals surface area contributed by atoms with Crippen LogP contribution in [-0.2, 0) is 9.53 Å². The number of ketones is 1. The van der Waals surface area contributed by atoms with Crippen LogP contribution in [0.25, 0.3) is 0 Å². The minimum absolute atomic E-state index is 0.0585. The maximum Gasteiger partial charge on any atom is 0.306 e. The van der Waals surface area contributed by atoms with Crippen molar-refractivity contribution in [1.82, 2.24) is 0 Å². The summed E-state index contributed by atoms with van der Waals surface area (Å²) in [6, 6.07) is 9.32. The minimum atomic E-state index is -0.201. The van der Waals surface area contributed by atoms with Gasteiger partial charge in [0, 0.05) is 16.7 Å². The fraction of sp³-hybridized carbons (Fsp3) is 0.467. The fourth-order valence-corrected chi connectivity index (χ4v) is 3.79. The van der Waals surface area contributed by atoms with Gasteiger partial charge in [-0.1, -0.05) is 30.3 Å². The zero-order valence-corrected chi connectivity index (χ0v) is 11.8. The summed E-state index contributed by atoms with van der Waals surface area (Å²) in [4.78, 5) is 24.0. The van der Waals surface area contributed by atoms with Crippen LogP contribution in [0.1, 0.15) is 30.1 Å². The molecule has 0 saturated carbocycles. The van der Waals surface area contributed by atoms with Gasteiger partial charge >= 0.3 is 5.97 Å². The Morgan fingerprint density at radius 1 is 1.32 bits per heavy atom. The van der Waals surface area contributed by atoms with E-state index in [1.54, 1.807) is 18.7 Å².